The van der Waals surface area contributed by atoms with Crippen molar-refractivity contribution in [3.05, 3.63) is 22.7 Å². The number of rotatable bonds is 8. The van der Waals surface area contributed by atoms with Gasteiger partial charge in [0.25, 0.3) is 0 Å². The predicted octanol–water partition coefficient (Wildman–Crippen LogP) is 2.38. The van der Waals surface area contributed by atoms with E-state index in [0.29, 0.717) is 17.3 Å². The lowest BCUT2D eigenvalue weighted by Crippen LogP contribution is -2.32. The second-order valence-electron chi connectivity index (χ2n) is 4.60. The number of benzene rings is 1. The Balaban J connectivity index is 2.81. The van der Waals surface area contributed by atoms with Gasteiger partial charge in [-0.3, -0.25) is 4.79 Å². The first-order valence-electron chi connectivity index (χ1n) is 6.34. The first kappa shape index (κ1) is 17.9. The summed E-state index contributed by atoms with van der Waals surface area (Å²) in [5.74, 6) is -0.637. The number of carboxylic acids is 1. The summed E-state index contributed by atoms with van der Waals surface area (Å²) in [6.45, 7) is 1.70. The van der Waals surface area contributed by atoms with Crippen molar-refractivity contribution in [1.29, 1.82) is 0 Å². The minimum absolute atomic E-state index is 0.0201. The Hall–Kier alpha value is -1.12. The molecule has 21 heavy (non-hydrogen) atoms. The molecule has 0 saturated carbocycles. The van der Waals surface area contributed by atoms with Gasteiger partial charge < -0.3 is 9.84 Å². The fraction of sp³-hybridized carbons (Fsp3) is 0.462. The quantitative estimate of drug-likeness (QED) is 0.723. The molecule has 0 heterocycles. The van der Waals surface area contributed by atoms with Crippen molar-refractivity contribution in [2.24, 2.45) is 0 Å². The molecule has 1 aromatic rings. The van der Waals surface area contributed by atoms with Gasteiger partial charge in [0.1, 0.15) is 10.6 Å². The third-order valence-corrected chi connectivity index (χ3v) is 4.90. The van der Waals surface area contributed by atoms with Crippen molar-refractivity contribution in [3.8, 4) is 5.75 Å². The summed E-state index contributed by atoms with van der Waals surface area (Å²) in [7, 11) is -2.33. The SMILES string of the molecule is COc1ccc(Br)cc1S(=O)(=O)NC(C)CCCC(=O)O. The van der Waals surface area contributed by atoms with Crippen LogP contribution in [0.4, 0.5) is 0 Å². The lowest BCUT2D eigenvalue weighted by Gasteiger charge is -2.15. The minimum Gasteiger partial charge on any atom is -0.495 e. The molecule has 0 amide bonds. The molecule has 2 N–H and O–H groups in total. The molecule has 1 rings (SSSR count). The van der Waals surface area contributed by atoms with E-state index in [1.54, 1.807) is 19.1 Å². The summed E-state index contributed by atoms with van der Waals surface area (Å²) in [4.78, 5) is 10.5. The number of nitrogens with one attached hydrogen (secondary N) is 1. The van der Waals surface area contributed by atoms with Crippen LogP contribution in [0.1, 0.15) is 26.2 Å². The molecule has 0 aliphatic rings. The van der Waals surface area contributed by atoms with E-state index < -0.39 is 16.0 Å². The van der Waals surface area contributed by atoms with Crippen LogP contribution >= 0.6 is 15.9 Å². The first-order chi connectivity index (χ1) is 9.76. The smallest absolute Gasteiger partial charge is 0.303 e. The average molecular weight is 380 g/mol. The zero-order chi connectivity index (χ0) is 16.0. The molecular weight excluding hydrogens is 362 g/mol. The van der Waals surface area contributed by atoms with Crippen LogP contribution in [0.5, 0.6) is 5.75 Å². The van der Waals surface area contributed by atoms with Gasteiger partial charge in [-0.15, -0.1) is 0 Å². The fourth-order valence-corrected chi connectivity index (χ4v) is 3.79. The van der Waals surface area contributed by atoms with Crippen LogP contribution in [0.25, 0.3) is 0 Å². The second kappa shape index (κ2) is 7.77. The van der Waals surface area contributed by atoms with E-state index in [0.717, 1.165) is 0 Å². The van der Waals surface area contributed by atoms with Crippen LogP contribution in [-0.2, 0) is 14.8 Å². The van der Waals surface area contributed by atoms with Crippen molar-refractivity contribution in [3.63, 3.8) is 0 Å². The normalized spacial score (nSPS) is 12.9. The molecule has 0 aliphatic carbocycles. The van der Waals surface area contributed by atoms with E-state index in [1.165, 1.54) is 13.2 Å². The van der Waals surface area contributed by atoms with Gasteiger partial charge in [-0.05, 0) is 38.0 Å². The highest BCUT2D eigenvalue weighted by Gasteiger charge is 2.22. The van der Waals surface area contributed by atoms with E-state index in [-0.39, 0.29) is 23.1 Å². The molecule has 1 atom stereocenters. The van der Waals surface area contributed by atoms with Crippen LogP contribution in [0.15, 0.2) is 27.6 Å². The van der Waals surface area contributed by atoms with Crippen LogP contribution in [-0.4, -0.2) is 32.6 Å². The van der Waals surface area contributed by atoms with E-state index >= 15 is 0 Å². The Bertz CT molecular complexity index is 603. The van der Waals surface area contributed by atoms with Crippen LogP contribution in [0.2, 0.25) is 0 Å². The van der Waals surface area contributed by atoms with Crippen molar-refractivity contribution in [2.45, 2.75) is 37.1 Å². The minimum atomic E-state index is -3.73. The van der Waals surface area contributed by atoms with E-state index in [2.05, 4.69) is 20.7 Å². The topological polar surface area (TPSA) is 92.7 Å². The molecule has 0 bridgehead atoms. The third kappa shape index (κ3) is 5.64. The van der Waals surface area contributed by atoms with Crippen LogP contribution < -0.4 is 9.46 Å². The molecule has 1 unspecified atom stereocenters. The number of methoxy groups -OCH3 is 1. The van der Waals surface area contributed by atoms with E-state index in [9.17, 15) is 13.2 Å². The molecular formula is C13H18BrNO5S. The number of ether oxygens (including phenoxy) is 1. The fourth-order valence-electron chi connectivity index (χ4n) is 1.81. The molecule has 118 valence electrons. The second-order valence-corrected chi connectivity index (χ2v) is 7.20. The largest absolute Gasteiger partial charge is 0.495 e. The van der Waals surface area contributed by atoms with Crippen molar-refractivity contribution in [2.75, 3.05) is 7.11 Å². The molecule has 0 aliphatic heterocycles. The monoisotopic (exact) mass is 379 g/mol. The van der Waals surface area contributed by atoms with Crippen molar-refractivity contribution < 1.29 is 23.1 Å². The van der Waals surface area contributed by atoms with E-state index in [1.807, 2.05) is 0 Å². The molecule has 0 radical (unpaired) electrons. The summed E-state index contributed by atoms with van der Waals surface area (Å²) in [5, 5.41) is 8.58. The number of hydrogen-bond donors (Lipinski definition) is 2. The number of carbonyl (C=O) groups is 1. The maximum atomic E-state index is 12.3. The summed E-state index contributed by atoms with van der Waals surface area (Å²) >= 11 is 3.23. The Kier molecular flexibility index (Phi) is 6.63. The Morgan fingerprint density at radius 1 is 1.48 bits per heavy atom. The summed E-state index contributed by atoms with van der Waals surface area (Å²) in [6, 6.07) is 4.35. The lowest BCUT2D eigenvalue weighted by atomic mass is 10.1. The molecule has 1 aromatic carbocycles. The molecule has 0 spiro atoms. The Morgan fingerprint density at radius 3 is 2.71 bits per heavy atom. The summed E-state index contributed by atoms with van der Waals surface area (Å²) in [5.41, 5.74) is 0. The van der Waals surface area contributed by atoms with Gasteiger partial charge in [-0.1, -0.05) is 15.9 Å². The van der Waals surface area contributed by atoms with Crippen LogP contribution in [0, 0.1) is 0 Å². The zero-order valence-corrected chi connectivity index (χ0v) is 14.2. The van der Waals surface area contributed by atoms with Crippen LogP contribution in [0.3, 0.4) is 0 Å². The van der Waals surface area contributed by atoms with Gasteiger partial charge in [0, 0.05) is 16.9 Å². The van der Waals surface area contributed by atoms with Gasteiger partial charge in [-0.2, -0.15) is 0 Å². The van der Waals surface area contributed by atoms with Gasteiger partial charge in [-0.25, -0.2) is 13.1 Å². The van der Waals surface area contributed by atoms with Gasteiger partial charge in [0.05, 0.1) is 7.11 Å². The predicted molar refractivity (Wildman–Crippen MR) is 82.0 cm³/mol. The summed E-state index contributed by atoms with van der Waals surface area (Å²) < 4.78 is 32.9. The van der Waals surface area contributed by atoms with Crippen molar-refractivity contribution in [1.82, 2.24) is 4.72 Å². The Morgan fingerprint density at radius 2 is 2.14 bits per heavy atom. The number of hydrogen-bond acceptors (Lipinski definition) is 4. The highest BCUT2D eigenvalue weighted by molar-refractivity contribution is 9.10. The standard InChI is InChI=1S/C13H18BrNO5S/c1-9(4-3-5-13(16)17)15-21(18,19)12-8-10(14)6-7-11(12)20-2/h6-9,15H,3-5H2,1-2H3,(H,16,17). The maximum Gasteiger partial charge on any atom is 0.303 e. The Labute approximate surface area is 132 Å². The highest BCUT2D eigenvalue weighted by atomic mass is 79.9. The number of carboxylic acid groups (broad SMARTS) is 1. The van der Waals surface area contributed by atoms with Gasteiger partial charge in [0.15, 0.2) is 0 Å². The number of aliphatic carboxylic acids is 1. The van der Waals surface area contributed by atoms with Gasteiger partial charge >= 0.3 is 5.97 Å². The lowest BCUT2D eigenvalue weighted by molar-refractivity contribution is -0.137. The number of halogens is 1. The highest BCUT2D eigenvalue weighted by Crippen LogP contribution is 2.27. The molecule has 0 fully saturated rings. The zero-order valence-electron chi connectivity index (χ0n) is 11.8. The van der Waals surface area contributed by atoms with Gasteiger partial charge in [0.2, 0.25) is 10.0 Å². The third-order valence-electron chi connectivity index (χ3n) is 2.80. The maximum absolute atomic E-state index is 12.3. The number of sulfonamides is 1. The van der Waals surface area contributed by atoms with E-state index in [4.69, 9.17) is 9.84 Å². The molecule has 0 aromatic heterocycles. The molecule has 8 heteroatoms. The van der Waals surface area contributed by atoms with Crippen molar-refractivity contribution >= 4 is 31.9 Å². The average Bonchev–Trinajstić information content (AvgIpc) is 2.37. The molecule has 6 nitrogen and oxygen atoms in total. The summed E-state index contributed by atoms with van der Waals surface area (Å²) in [6.07, 6.45) is 0.878. The first-order valence-corrected chi connectivity index (χ1v) is 8.61. The molecule has 0 saturated heterocycles.